The lowest BCUT2D eigenvalue weighted by atomic mass is 10.2. The van der Waals surface area contributed by atoms with Crippen LogP contribution in [0.3, 0.4) is 0 Å². The van der Waals surface area contributed by atoms with Crippen molar-refractivity contribution in [2.45, 2.75) is 38.9 Å². The minimum absolute atomic E-state index is 0.631. The summed E-state index contributed by atoms with van der Waals surface area (Å²) in [6.07, 6.45) is 3.26. The van der Waals surface area contributed by atoms with E-state index >= 15 is 0 Å². The predicted molar refractivity (Wildman–Crippen MR) is 79.6 cm³/mol. The molecule has 0 unspecified atom stereocenters. The molecule has 16 heavy (non-hydrogen) atoms. The first-order valence-corrected chi connectivity index (χ1v) is 7.80. The lowest BCUT2D eigenvalue weighted by molar-refractivity contribution is 0.847. The van der Waals surface area contributed by atoms with Crippen LogP contribution in [0, 0.1) is 3.57 Å². The maximum atomic E-state index is 5.89. The third-order valence-electron chi connectivity index (χ3n) is 2.06. The highest BCUT2D eigenvalue weighted by atomic mass is 127. The number of thioether (sulfide) groups is 1. The van der Waals surface area contributed by atoms with Crippen LogP contribution in [-0.4, -0.2) is 15.7 Å². The fraction of sp³-hybridized carbons (Fsp3) is 0.636. The number of hydrogen-bond acceptors (Lipinski definition) is 4. The van der Waals surface area contributed by atoms with E-state index in [9.17, 15) is 0 Å². The van der Waals surface area contributed by atoms with Crippen molar-refractivity contribution in [3.8, 4) is 0 Å². The highest BCUT2D eigenvalue weighted by Crippen LogP contribution is 2.19. The molecule has 1 aromatic heterocycles. The van der Waals surface area contributed by atoms with E-state index in [1.54, 1.807) is 0 Å². The van der Waals surface area contributed by atoms with Crippen molar-refractivity contribution >= 4 is 40.2 Å². The number of aryl methyl sites for hydroxylation is 1. The Kier molecular flexibility index (Phi) is 6.41. The first-order valence-electron chi connectivity index (χ1n) is 5.57. The van der Waals surface area contributed by atoms with Crippen LogP contribution < -0.4 is 5.73 Å². The summed E-state index contributed by atoms with van der Waals surface area (Å²) in [5.74, 6) is 3.52. The minimum atomic E-state index is 0.631. The molecule has 0 aliphatic rings. The molecule has 1 heterocycles. The monoisotopic (exact) mass is 351 g/mol. The molecule has 0 amide bonds. The topological polar surface area (TPSA) is 51.8 Å². The second-order valence-corrected chi connectivity index (χ2v) is 5.77. The normalized spacial score (nSPS) is 10.7. The molecule has 0 spiro atoms. The van der Waals surface area contributed by atoms with Gasteiger partial charge in [0.15, 0.2) is 0 Å². The van der Waals surface area contributed by atoms with Gasteiger partial charge < -0.3 is 5.73 Å². The molecule has 2 N–H and O–H groups in total. The maximum absolute atomic E-state index is 5.89. The standard InChI is InChI=1S/C11H18IN3S/c1-3-5-8-10(12)11(13)15-9(14-8)7-16-6-4-2/h3-7H2,1-2H3,(H2,13,14,15). The molecular weight excluding hydrogens is 333 g/mol. The Balaban J connectivity index is 2.77. The highest BCUT2D eigenvalue weighted by molar-refractivity contribution is 14.1. The average molecular weight is 351 g/mol. The van der Waals surface area contributed by atoms with Crippen LogP contribution in [0.4, 0.5) is 5.82 Å². The van der Waals surface area contributed by atoms with Gasteiger partial charge >= 0.3 is 0 Å². The molecule has 0 fully saturated rings. The van der Waals surface area contributed by atoms with E-state index in [2.05, 4.69) is 46.4 Å². The first kappa shape index (κ1) is 14.0. The van der Waals surface area contributed by atoms with Gasteiger partial charge in [-0.1, -0.05) is 20.3 Å². The molecule has 90 valence electrons. The van der Waals surface area contributed by atoms with Crippen LogP contribution in [0.15, 0.2) is 0 Å². The van der Waals surface area contributed by atoms with Crippen LogP contribution in [0.1, 0.15) is 38.2 Å². The van der Waals surface area contributed by atoms with Crippen molar-refractivity contribution in [3.63, 3.8) is 0 Å². The molecule has 0 atom stereocenters. The van der Waals surface area contributed by atoms with Crippen LogP contribution in [0.5, 0.6) is 0 Å². The zero-order valence-electron chi connectivity index (χ0n) is 9.79. The Morgan fingerprint density at radius 3 is 2.62 bits per heavy atom. The van der Waals surface area contributed by atoms with E-state index < -0.39 is 0 Å². The first-order chi connectivity index (χ1) is 7.69. The number of nitrogens with zero attached hydrogens (tertiary/aromatic N) is 2. The average Bonchev–Trinajstić information content (AvgIpc) is 2.26. The van der Waals surface area contributed by atoms with Crippen molar-refractivity contribution in [1.29, 1.82) is 0 Å². The van der Waals surface area contributed by atoms with E-state index in [-0.39, 0.29) is 0 Å². The predicted octanol–water partition coefficient (Wildman–Crippen LogP) is 3.26. The van der Waals surface area contributed by atoms with Crippen LogP contribution in [0.25, 0.3) is 0 Å². The van der Waals surface area contributed by atoms with Crippen molar-refractivity contribution in [2.24, 2.45) is 0 Å². The van der Waals surface area contributed by atoms with E-state index in [1.807, 2.05) is 11.8 Å². The molecule has 0 aliphatic heterocycles. The van der Waals surface area contributed by atoms with Crippen molar-refractivity contribution in [1.82, 2.24) is 9.97 Å². The summed E-state index contributed by atoms with van der Waals surface area (Å²) in [5, 5.41) is 0. The molecule has 0 radical (unpaired) electrons. The SMILES string of the molecule is CCCSCc1nc(N)c(I)c(CCC)n1. The Bertz CT molecular complexity index is 344. The van der Waals surface area contributed by atoms with Crippen molar-refractivity contribution in [2.75, 3.05) is 11.5 Å². The van der Waals surface area contributed by atoms with Gasteiger partial charge in [0.2, 0.25) is 0 Å². The van der Waals surface area contributed by atoms with Gasteiger partial charge in [0, 0.05) is 0 Å². The van der Waals surface area contributed by atoms with Gasteiger partial charge in [-0.15, -0.1) is 0 Å². The zero-order valence-corrected chi connectivity index (χ0v) is 12.8. The molecule has 3 nitrogen and oxygen atoms in total. The third-order valence-corrected chi connectivity index (χ3v) is 4.39. The van der Waals surface area contributed by atoms with Crippen molar-refractivity contribution in [3.05, 3.63) is 15.1 Å². The molecule has 1 rings (SSSR count). The summed E-state index contributed by atoms with van der Waals surface area (Å²) in [6.45, 7) is 4.33. The smallest absolute Gasteiger partial charge is 0.140 e. The molecule has 0 bridgehead atoms. The Morgan fingerprint density at radius 2 is 2.00 bits per heavy atom. The number of anilines is 1. The fourth-order valence-corrected chi connectivity index (χ4v) is 2.60. The second-order valence-electron chi connectivity index (χ2n) is 3.59. The van der Waals surface area contributed by atoms with Gasteiger partial charge in [-0.25, -0.2) is 9.97 Å². The summed E-state index contributed by atoms with van der Waals surface area (Å²) in [6, 6.07) is 0. The summed E-state index contributed by atoms with van der Waals surface area (Å²) in [7, 11) is 0. The molecule has 1 aromatic rings. The van der Waals surface area contributed by atoms with Crippen molar-refractivity contribution < 1.29 is 0 Å². The number of hydrogen-bond donors (Lipinski definition) is 1. The Hall–Kier alpha value is -0.0400. The Labute approximate surface area is 115 Å². The van der Waals surface area contributed by atoms with Crippen LogP contribution >= 0.6 is 34.4 Å². The largest absolute Gasteiger partial charge is 0.383 e. The van der Waals surface area contributed by atoms with Gasteiger partial charge in [-0.05, 0) is 41.2 Å². The van der Waals surface area contributed by atoms with Gasteiger partial charge in [0.1, 0.15) is 11.6 Å². The molecule has 0 saturated carbocycles. The zero-order chi connectivity index (χ0) is 12.0. The van der Waals surface area contributed by atoms with E-state index in [4.69, 9.17) is 5.73 Å². The molecule has 0 saturated heterocycles. The van der Waals surface area contributed by atoms with Gasteiger partial charge in [0.25, 0.3) is 0 Å². The minimum Gasteiger partial charge on any atom is -0.383 e. The molecular formula is C11H18IN3S. The van der Waals surface area contributed by atoms with Crippen LogP contribution in [-0.2, 0) is 12.2 Å². The Morgan fingerprint density at radius 1 is 1.25 bits per heavy atom. The number of halogens is 1. The number of rotatable bonds is 6. The lowest BCUT2D eigenvalue weighted by Crippen LogP contribution is -2.06. The lowest BCUT2D eigenvalue weighted by Gasteiger charge is -2.07. The number of nitrogens with two attached hydrogens (primary N) is 1. The quantitative estimate of drug-likeness (QED) is 0.631. The van der Waals surface area contributed by atoms with Gasteiger partial charge in [-0.3, -0.25) is 0 Å². The molecule has 0 aliphatic carbocycles. The van der Waals surface area contributed by atoms with E-state index in [0.29, 0.717) is 5.82 Å². The molecule has 5 heteroatoms. The van der Waals surface area contributed by atoms with Crippen LogP contribution in [0.2, 0.25) is 0 Å². The fourth-order valence-electron chi connectivity index (χ4n) is 1.34. The van der Waals surface area contributed by atoms with E-state index in [1.165, 1.54) is 6.42 Å². The summed E-state index contributed by atoms with van der Waals surface area (Å²) in [4.78, 5) is 8.90. The van der Waals surface area contributed by atoms with Gasteiger partial charge in [0.05, 0.1) is 15.0 Å². The van der Waals surface area contributed by atoms with Gasteiger partial charge in [-0.2, -0.15) is 11.8 Å². The third kappa shape index (κ3) is 4.08. The highest BCUT2D eigenvalue weighted by Gasteiger charge is 2.09. The summed E-state index contributed by atoms with van der Waals surface area (Å²) in [5.41, 5.74) is 6.99. The summed E-state index contributed by atoms with van der Waals surface area (Å²) >= 11 is 4.10. The summed E-state index contributed by atoms with van der Waals surface area (Å²) < 4.78 is 1.02. The molecule has 0 aromatic carbocycles. The number of aromatic nitrogens is 2. The number of nitrogen functional groups attached to an aromatic ring is 1. The maximum Gasteiger partial charge on any atom is 0.140 e. The van der Waals surface area contributed by atoms with E-state index in [0.717, 1.165) is 39.4 Å². The second kappa shape index (κ2) is 7.32.